The number of nitrogens with one attached hydrogen (secondary N) is 2. The molecule has 0 aliphatic heterocycles. The summed E-state index contributed by atoms with van der Waals surface area (Å²) in [5, 5.41) is 24.3. The van der Waals surface area contributed by atoms with Gasteiger partial charge in [0.1, 0.15) is 11.8 Å². The fourth-order valence-corrected chi connectivity index (χ4v) is 2.67. The van der Waals surface area contributed by atoms with Gasteiger partial charge in [-0.2, -0.15) is 0 Å². The van der Waals surface area contributed by atoms with Crippen molar-refractivity contribution in [3.05, 3.63) is 59.9 Å². The van der Waals surface area contributed by atoms with Crippen molar-refractivity contribution in [3.63, 3.8) is 0 Å². The summed E-state index contributed by atoms with van der Waals surface area (Å²) < 4.78 is 10.6. The number of hydrogen-bond donors (Lipinski definition) is 4. The summed E-state index contributed by atoms with van der Waals surface area (Å²) >= 11 is 0. The number of aryl methyl sites for hydroxylation is 1. The molecule has 0 spiro atoms. The molecule has 1 heterocycles. The lowest BCUT2D eigenvalue weighted by molar-refractivity contribution is -0.124. The molecule has 0 bridgehead atoms. The Labute approximate surface area is 175 Å². The number of hydrogen-bond acceptors (Lipinski definition) is 7. The SMILES string of the molecule is COCC(NC(=O)c1cncc(C)c1)C(=O)N[C@@H](CCOc1ccccc1)B(O)O. The maximum absolute atomic E-state index is 12.6. The number of para-hydroxylation sites is 1. The Kier molecular flexibility index (Phi) is 9.27. The van der Waals surface area contributed by atoms with E-state index in [1.54, 1.807) is 31.3 Å². The molecule has 9 nitrogen and oxygen atoms in total. The lowest BCUT2D eigenvalue weighted by atomic mass is 9.77. The van der Waals surface area contributed by atoms with Crippen molar-refractivity contribution in [3.8, 4) is 5.75 Å². The number of rotatable bonds is 11. The zero-order valence-electron chi connectivity index (χ0n) is 16.9. The summed E-state index contributed by atoms with van der Waals surface area (Å²) in [5.74, 6) is -1.45. The van der Waals surface area contributed by atoms with Crippen LogP contribution in [0.3, 0.4) is 0 Å². The topological polar surface area (TPSA) is 130 Å². The molecule has 2 rings (SSSR count). The van der Waals surface area contributed by atoms with Gasteiger partial charge in [-0.1, -0.05) is 18.2 Å². The fraction of sp³-hybridized carbons (Fsp3) is 0.350. The van der Waals surface area contributed by atoms with Crippen LogP contribution in [0.5, 0.6) is 5.75 Å². The normalized spacial score (nSPS) is 12.5. The van der Waals surface area contributed by atoms with E-state index in [2.05, 4.69) is 15.6 Å². The summed E-state index contributed by atoms with van der Waals surface area (Å²) in [6, 6.07) is 9.64. The van der Waals surface area contributed by atoms with E-state index in [4.69, 9.17) is 9.47 Å². The first kappa shape index (κ1) is 23.3. The average molecular weight is 415 g/mol. The Morgan fingerprint density at radius 2 is 1.90 bits per heavy atom. The van der Waals surface area contributed by atoms with E-state index < -0.39 is 30.9 Å². The third-order valence-electron chi connectivity index (χ3n) is 4.22. The highest BCUT2D eigenvalue weighted by Gasteiger charge is 2.29. The van der Waals surface area contributed by atoms with Crippen molar-refractivity contribution >= 4 is 18.9 Å². The van der Waals surface area contributed by atoms with Crippen LogP contribution in [0, 0.1) is 6.92 Å². The van der Waals surface area contributed by atoms with E-state index in [9.17, 15) is 19.6 Å². The molecular weight excluding hydrogens is 389 g/mol. The smallest absolute Gasteiger partial charge is 0.475 e. The van der Waals surface area contributed by atoms with Gasteiger partial charge in [0, 0.05) is 25.9 Å². The lowest BCUT2D eigenvalue weighted by Gasteiger charge is -2.23. The number of carbonyl (C=O) groups excluding carboxylic acids is 2. The van der Waals surface area contributed by atoms with Crippen LogP contribution in [-0.4, -0.2) is 66.3 Å². The number of aromatic nitrogens is 1. The minimum absolute atomic E-state index is 0.0917. The van der Waals surface area contributed by atoms with Crippen LogP contribution in [0.25, 0.3) is 0 Å². The molecule has 0 radical (unpaired) electrons. The second kappa shape index (κ2) is 11.9. The molecule has 0 fully saturated rings. The van der Waals surface area contributed by atoms with Gasteiger partial charge in [-0.25, -0.2) is 0 Å². The Balaban J connectivity index is 1.95. The number of carbonyl (C=O) groups is 2. The predicted molar refractivity (Wildman–Crippen MR) is 111 cm³/mol. The molecule has 1 unspecified atom stereocenters. The molecule has 30 heavy (non-hydrogen) atoms. The molecule has 0 saturated carbocycles. The van der Waals surface area contributed by atoms with Crippen molar-refractivity contribution in [2.24, 2.45) is 0 Å². The Morgan fingerprint density at radius 1 is 1.17 bits per heavy atom. The van der Waals surface area contributed by atoms with Crippen LogP contribution in [0.1, 0.15) is 22.3 Å². The van der Waals surface area contributed by atoms with Crippen molar-refractivity contribution < 1.29 is 29.1 Å². The first-order chi connectivity index (χ1) is 14.4. The molecule has 0 aliphatic rings. The summed E-state index contributed by atoms with van der Waals surface area (Å²) in [7, 11) is -0.402. The van der Waals surface area contributed by atoms with E-state index in [1.165, 1.54) is 13.3 Å². The standard InChI is InChI=1S/C20H26BN3O6/c1-14-10-15(12-22-11-14)19(25)23-17(13-29-2)20(26)24-18(21(27)28)8-9-30-16-6-4-3-5-7-16/h3-7,10-12,17-18,27-28H,8-9,13H2,1-2H3,(H,23,25)(H,24,26)/t17?,18-/m0/s1. The first-order valence-corrected chi connectivity index (χ1v) is 9.46. The van der Waals surface area contributed by atoms with Gasteiger partial charge < -0.3 is 30.2 Å². The largest absolute Gasteiger partial charge is 0.494 e. The number of methoxy groups -OCH3 is 1. The van der Waals surface area contributed by atoms with Gasteiger partial charge in [-0.15, -0.1) is 0 Å². The predicted octanol–water partition coefficient (Wildman–Crippen LogP) is 0.101. The Morgan fingerprint density at radius 3 is 2.53 bits per heavy atom. The van der Waals surface area contributed by atoms with Crippen molar-refractivity contribution in [2.75, 3.05) is 20.3 Å². The van der Waals surface area contributed by atoms with Gasteiger partial charge in [-0.05, 0) is 30.7 Å². The molecule has 160 valence electrons. The van der Waals surface area contributed by atoms with Gasteiger partial charge in [0.05, 0.1) is 24.7 Å². The molecular formula is C20H26BN3O6. The van der Waals surface area contributed by atoms with Gasteiger partial charge >= 0.3 is 7.12 Å². The molecule has 4 N–H and O–H groups in total. The van der Waals surface area contributed by atoms with Crippen molar-refractivity contribution in [1.82, 2.24) is 15.6 Å². The van der Waals surface area contributed by atoms with E-state index >= 15 is 0 Å². The fourth-order valence-electron chi connectivity index (χ4n) is 2.67. The quantitative estimate of drug-likeness (QED) is 0.383. The molecule has 2 atom stereocenters. The van der Waals surface area contributed by atoms with Crippen LogP contribution in [-0.2, 0) is 9.53 Å². The summed E-state index contributed by atoms with van der Waals surface area (Å²) in [4.78, 5) is 29.0. The van der Waals surface area contributed by atoms with Crippen molar-refractivity contribution in [1.29, 1.82) is 0 Å². The molecule has 2 aromatic rings. The van der Waals surface area contributed by atoms with Gasteiger partial charge in [0.15, 0.2) is 0 Å². The molecule has 0 aliphatic carbocycles. The minimum Gasteiger partial charge on any atom is -0.494 e. The summed E-state index contributed by atoms with van der Waals surface area (Å²) in [5.41, 5.74) is 1.11. The van der Waals surface area contributed by atoms with E-state index in [0.29, 0.717) is 11.3 Å². The molecule has 10 heteroatoms. The van der Waals surface area contributed by atoms with E-state index in [-0.39, 0.29) is 19.6 Å². The van der Waals surface area contributed by atoms with Gasteiger partial charge in [-0.3, -0.25) is 14.6 Å². The molecule has 1 aromatic carbocycles. The Hall–Kier alpha value is -2.95. The molecule has 2 amide bonds. The third-order valence-corrected chi connectivity index (χ3v) is 4.22. The van der Waals surface area contributed by atoms with Gasteiger partial charge in [0.25, 0.3) is 5.91 Å². The van der Waals surface area contributed by atoms with Crippen LogP contribution in [0.15, 0.2) is 48.8 Å². The Bertz CT molecular complexity index is 821. The van der Waals surface area contributed by atoms with E-state index in [1.807, 2.05) is 18.2 Å². The van der Waals surface area contributed by atoms with Gasteiger partial charge in [0.2, 0.25) is 5.91 Å². The van der Waals surface area contributed by atoms with Crippen molar-refractivity contribution in [2.45, 2.75) is 25.3 Å². The monoisotopic (exact) mass is 415 g/mol. The highest BCUT2D eigenvalue weighted by molar-refractivity contribution is 6.43. The number of nitrogens with zero attached hydrogens (tertiary/aromatic N) is 1. The zero-order chi connectivity index (χ0) is 21.9. The van der Waals surface area contributed by atoms with Crippen LogP contribution < -0.4 is 15.4 Å². The van der Waals surface area contributed by atoms with Crippen LogP contribution in [0.2, 0.25) is 0 Å². The maximum atomic E-state index is 12.6. The maximum Gasteiger partial charge on any atom is 0.475 e. The second-order valence-corrected chi connectivity index (χ2v) is 6.71. The third kappa shape index (κ3) is 7.47. The average Bonchev–Trinajstić information content (AvgIpc) is 2.73. The first-order valence-electron chi connectivity index (χ1n) is 9.46. The molecule has 0 saturated heterocycles. The minimum atomic E-state index is -1.80. The summed E-state index contributed by atoms with van der Waals surface area (Å²) in [6.45, 7) is 1.86. The number of ether oxygens (including phenoxy) is 2. The van der Waals surface area contributed by atoms with Crippen LogP contribution >= 0.6 is 0 Å². The zero-order valence-corrected chi connectivity index (χ0v) is 16.9. The second-order valence-electron chi connectivity index (χ2n) is 6.71. The number of amides is 2. The highest BCUT2D eigenvalue weighted by atomic mass is 16.5. The summed E-state index contributed by atoms with van der Waals surface area (Å²) in [6.07, 6.45) is 3.15. The molecule has 1 aromatic heterocycles. The number of pyridine rings is 1. The number of benzene rings is 1. The van der Waals surface area contributed by atoms with Crippen LogP contribution in [0.4, 0.5) is 0 Å². The van der Waals surface area contributed by atoms with E-state index in [0.717, 1.165) is 5.56 Å². The lowest BCUT2D eigenvalue weighted by Crippen LogP contribution is -2.55. The highest BCUT2D eigenvalue weighted by Crippen LogP contribution is 2.09.